The molecule has 0 unspecified atom stereocenters. The molecular formula is C25H19Br2N3O4. The van der Waals surface area contributed by atoms with Gasteiger partial charge in [0.15, 0.2) is 0 Å². The Kier molecular flexibility index (Phi) is 7.23. The molecule has 0 spiro atoms. The molecule has 0 bridgehead atoms. The Morgan fingerprint density at radius 3 is 2.71 bits per heavy atom. The molecule has 0 aliphatic rings. The topological polar surface area (TPSA) is 93.8 Å². The number of carboxylic acids is 1. The summed E-state index contributed by atoms with van der Waals surface area (Å²) in [5.41, 5.74) is 2.12. The third-order valence-electron chi connectivity index (χ3n) is 5.04. The van der Waals surface area contributed by atoms with Crippen molar-refractivity contribution in [1.82, 2.24) is 9.66 Å². The number of fused-ring (bicyclic) bond motifs is 1. The highest BCUT2D eigenvalue weighted by molar-refractivity contribution is 9.10. The smallest absolute Gasteiger partial charge is 0.335 e. The van der Waals surface area contributed by atoms with Gasteiger partial charge in [0, 0.05) is 10.9 Å². The van der Waals surface area contributed by atoms with Crippen LogP contribution in [0.2, 0.25) is 0 Å². The summed E-state index contributed by atoms with van der Waals surface area (Å²) in [5, 5.41) is 14.0. The van der Waals surface area contributed by atoms with Crippen molar-refractivity contribution in [2.75, 3.05) is 0 Å². The lowest BCUT2D eigenvalue weighted by Gasteiger charge is -2.10. The molecule has 1 aromatic heterocycles. The van der Waals surface area contributed by atoms with Crippen LogP contribution in [-0.4, -0.2) is 27.0 Å². The van der Waals surface area contributed by atoms with E-state index < -0.39 is 5.97 Å². The molecule has 1 heterocycles. The number of aromatic carboxylic acids is 1. The lowest BCUT2D eigenvalue weighted by Crippen LogP contribution is -2.22. The predicted octanol–water partition coefficient (Wildman–Crippen LogP) is 5.64. The molecule has 4 aromatic rings. The number of hydrogen-bond donors (Lipinski definition) is 1. The Bertz CT molecular complexity index is 1480. The van der Waals surface area contributed by atoms with Gasteiger partial charge in [-0.25, -0.2) is 9.78 Å². The van der Waals surface area contributed by atoms with Crippen LogP contribution < -0.4 is 10.3 Å². The average Bonchev–Trinajstić information content (AvgIpc) is 2.83. The van der Waals surface area contributed by atoms with Crippen molar-refractivity contribution in [3.63, 3.8) is 0 Å². The lowest BCUT2D eigenvalue weighted by atomic mass is 10.1. The zero-order valence-electron chi connectivity index (χ0n) is 18.0. The van der Waals surface area contributed by atoms with Crippen molar-refractivity contribution in [2.45, 2.75) is 20.0 Å². The van der Waals surface area contributed by atoms with Gasteiger partial charge < -0.3 is 9.84 Å². The second-order valence-electron chi connectivity index (χ2n) is 7.39. The number of halogens is 2. The molecule has 0 aliphatic carbocycles. The summed E-state index contributed by atoms with van der Waals surface area (Å²) >= 11 is 6.90. The van der Waals surface area contributed by atoms with E-state index in [1.165, 1.54) is 10.7 Å². The number of aryl methyl sites for hydroxylation is 1. The van der Waals surface area contributed by atoms with Gasteiger partial charge in [0.2, 0.25) is 0 Å². The van der Waals surface area contributed by atoms with E-state index in [0.717, 1.165) is 15.6 Å². The fourth-order valence-electron chi connectivity index (χ4n) is 3.34. The van der Waals surface area contributed by atoms with E-state index in [1.807, 2.05) is 31.2 Å². The fraction of sp³-hybridized carbons (Fsp3) is 0.120. The Morgan fingerprint density at radius 2 is 1.97 bits per heavy atom. The Balaban J connectivity index is 1.56. The normalized spacial score (nSPS) is 11.3. The number of carbonyl (C=O) groups is 1. The van der Waals surface area contributed by atoms with Gasteiger partial charge in [0.05, 0.1) is 27.2 Å². The van der Waals surface area contributed by atoms with E-state index >= 15 is 0 Å². The zero-order chi connectivity index (χ0) is 24.2. The summed E-state index contributed by atoms with van der Waals surface area (Å²) in [6, 6.07) is 17.4. The second kappa shape index (κ2) is 10.3. The third-order valence-corrected chi connectivity index (χ3v) is 6.15. The number of hydrogen-bond acceptors (Lipinski definition) is 5. The van der Waals surface area contributed by atoms with Crippen LogP contribution in [0.1, 0.15) is 34.2 Å². The lowest BCUT2D eigenvalue weighted by molar-refractivity contribution is 0.0696. The molecule has 0 atom stereocenters. The van der Waals surface area contributed by atoms with Crippen molar-refractivity contribution in [3.8, 4) is 5.75 Å². The first-order chi connectivity index (χ1) is 16.4. The summed E-state index contributed by atoms with van der Waals surface area (Å²) < 4.78 is 8.66. The first-order valence-corrected chi connectivity index (χ1v) is 11.9. The monoisotopic (exact) mass is 583 g/mol. The van der Waals surface area contributed by atoms with Crippen LogP contribution in [0, 0.1) is 0 Å². The molecule has 0 fully saturated rings. The number of ether oxygens (including phenoxy) is 1. The molecule has 34 heavy (non-hydrogen) atoms. The molecule has 0 aliphatic heterocycles. The summed E-state index contributed by atoms with van der Waals surface area (Å²) in [6.07, 6.45) is 2.15. The van der Waals surface area contributed by atoms with Gasteiger partial charge in [-0.05, 0) is 75.6 Å². The molecule has 0 saturated heterocycles. The summed E-state index contributed by atoms with van der Waals surface area (Å²) in [4.78, 5) is 28.7. The highest BCUT2D eigenvalue weighted by Crippen LogP contribution is 2.26. The van der Waals surface area contributed by atoms with Crippen molar-refractivity contribution in [2.24, 2.45) is 5.10 Å². The number of carboxylic acid groups (broad SMARTS) is 1. The fourth-order valence-corrected chi connectivity index (χ4v) is 4.21. The van der Waals surface area contributed by atoms with Gasteiger partial charge in [-0.15, -0.1) is 0 Å². The summed E-state index contributed by atoms with van der Waals surface area (Å²) in [5.74, 6) is 0.187. The minimum atomic E-state index is -0.980. The zero-order valence-corrected chi connectivity index (χ0v) is 21.2. The van der Waals surface area contributed by atoms with Crippen LogP contribution in [0.25, 0.3) is 10.9 Å². The van der Waals surface area contributed by atoms with Gasteiger partial charge >= 0.3 is 5.97 Å². The molecule has 4 rings (SSSR count). The average molecular weight is 585 g/mol. The standard InChI is InChI=1S/C25H19Br2N3O4/c1-2-23-29-21-8-7-18(26)12-19(21)24(31)30(23)28-13-15-6-9-22(20(27)11-15)34-14-16-4-3-5-17(10-16)25(32)33/h3-13H,2,14H2,1H3,(H,32,33). The van der Waals surface area contributed by atoms with E-state index in [4.69, 9.17) is 9.84 Å². The van der Waals surface area contributed by atoms with Gasteiger partial charge in [0.25, 0.3) is 5.56 Å². The predicted molar refractivity (Wildman–Crippen MR) is 138 cm³/mol. The van der Waals surface area contributed by atoms with Crippen molar-refractivity contribution < 1.29 is 14.6 Å². The second-order valence-corrected chi connectivity index (χ2v) is 9.16. The quantitative estimate of drug-likeness (QED) is 0.284. The highest BCUT2D eigenvalue weighted by Gasteiger charge is 2.10. The summed E-state index contributed by atoms with van der Waals surface area (Å²) in [7, 11) is 0. The maximum Gasteiger partial charge on any atom is 0.335 e. The minimum Gasteiger partial charge on any atom is -0.488 e. The molecule has 1 N–H and O–H groups in total. The van der Waals surface area contributed by atoms with Crippen LogP contribution in [0.4, 0.5) is 0 Å². The Hall–Kier alpha value is -3.30. The van der Waals surface area contributed by atoms with Gasteiger partial charge in [-0.3, -0.25) is 4.79 Å². The van der Waals surface area contributed by atoms with Crippen molar-refractivity contribution in [1.29, 1.82) is 0 Å². The minimum absolute atomic E-state index is 0.212. The van der Waals surface area contributed by atoms with E-state index in [2.05, 4.69) is 41.9 Å². The molecule has 0 amide bonds. The van der Waals surface area contributed by atoms with E-state index in [9.17, 15) is 9.59 Å². The first-order valence-electron chi connectivity index (χ1n) is 10.4. The van der Waals surface area contributed by atoms with Crippen molar-refractivity contribution >= 4 is 54.9 Å². The molecule has 9 heteroatoms. The maximum absolute atomic E-state index is 13.0. The first kappa shape index (κ1) is 23.8. The highest BCUT2D eigenvalue weighted by atomic mass is 79.9. The van der Waals surface area contributed by atoms with Crippen LogP contribution in [0.15, 0.2) is 79.5 Å². The van der Waals surface area contributed by atoms with Crippen LogP contribution in [0.3, 0.4) is 0 Å². The SMILES string of the molecule is CCc1nc2ccc(Br)cc2c(=O)n1N=Cc1ccc(OCc2cccc(C(=O)O)c2)c(Br)c1. The van der Waals surface area contributed by atoms with Gasteiger partial charge in [-0.2, -0.15) is 9.78 Å². The van der Waals surface area contributed by atoms with Crippen LogP contribution in [-0.2, 0) is 13.0 Å². The number of nitrogens with zero attached hydrogens (tertiary/aromatic N) is 3. The van der Waals surface area contributed by atoms with Gasteiger partial charge in [0.1, 0.15) is 18.2 Å². The van der Waals surface area contributed by atoms with E-state index in [0.29, 0.717) is 33.4 Å². The molecule has 172 valence electrons. The third kappa shape index (κ3) is 5.26. The van der Waals surface area contributed by atoms with Gasteiger partial charge in [-0.1, -0.05) is 35.0 Å². The van der Waals surface area contributed by atoms with E-state index in [-0.39, 0.29) is 17.7 Å². The molecule has 0 radical (unpaired) electrons. The van der Waals surface area contributed by atoms with Crippen molar-refractivity contribution in [3.05, 3.63) is 102 Å². The van der Waals surface area contributed by atoms with Crippen LogP contribution in [0.5, 0.6) is 5.75 Å². The van der Waals surface area contributed by atoms with E-state index in [1.54, 1.807) is 36.5 Å². The Morgan fingerprint density at radius 1 is 1.15 bits per heavy atom. The largest absolute Gasteiger partial charge is 0.488 e. The number of aromatic nitrogens is 2. The number of benzene rings is 3. The Labute approximate surface area is 212 Å². The molecule has 0 saturated carbocycles. The molecule has 3 aromatic carbocycles. The summed E-state index contributed by atoms with van der Waals surface area (Å²) in [6.45, 7) is 2.15. The number of rotatable bonds is 7. The maximum atomic E-state index is 13.0. The molecular weight excluding hydrogens is 566 g/mol. The van der Waals surface area contributed by atoms with Crippen LogP contribution >= 0.6 is 31.9 Å². The molecule has 7 nitrogen and oxygen atoms in total.